The quantitative estimate of drug-likeness (QED) is 0.920. The summed E-state index contributed by atoms with van der Waals surface area (Å²) in [5.41, 5.74) is 2.01. The average Bonchev–Trinajstić information content (AvgIpc) is 2.98. The molecule has 0 aromatic carbocycles. The standard InChI is InChI=1S/C16H25N3O2/c1-11-15(12(2)21-18-11)3-4-16(20)19-7-5-13-9-17-10-14(13)6-8-19/h13-14,17H,3-10H2,1-2H3/t13-,14+. The van der Waals surface area contributed by atoms with Gasteiger partial charge in [-0.15, -0.1) is 0 Å². The second-order valence-electron chi connectivity index (χ2n) is 6.44. The monoisotopic (exact) mass is 291 g/mol. The molecule has 0 bridgehead atoms. The van der Waals surface area contributed by atoms with Gasteiger partial charge in [-0.2, -0.15) is 0 Å². The molecular weight excluding hydrogens is 266 g/mol. The number of aryl methyl sites for hydroxylation is 2. The first-order chi connectivity index (χ1) is 10.1. The largest absolute Gasteiger partial charge is 0.361 e. The van der Waals surface area contributed by atoms with Crippen LogP contribution in [0.1, 0.15) is 36.3 Å². The summed E-state index contributed by atoms with van der Waals surface area (Å²) in [5, 5.41) is 7.42. The zero-order valence-corrected chi connectivity index (χ0v) is 13.0. The minimum atomic E-state index is 0.280. The Morgan fingerprint density at radius 3 is 2.52 bits per heavy atom. The van der Waals surface area contributed by atoms with E-state index in [4.69, 9.17) is 4.52 Å². The van der Waals surface area contributed by atoms with Crippen molar-refractivity contribution in [1.29, 1.82) is 0 Å². The predicted molar refractivity (Wildman–Crippen MR) is 80.0 cm³/mol. The number of likely N-dealkylation sites (tertiary alicyclic amines) is 1. The lowest BCUT2D eigenvalue weighted by atomic mass is 9.92. The highest BCUT2D eigenvalue weighted by Crippen LogP contribution is 2.27. The topological polar surface area (TPSA) is 58.4 Å². The van der Waals surface area contributed by atoms with E-state index in [9.17, 15) is 4.79 Å². The van der Waals surface area contributed by atoms with Crippen LogP contribution in [-0.2, 0) is 11.2 Å². The number of carbonyl (C=O) groups is 1. The fourth-order valence-corrected chi connectivity index (χ4v) is 3.72. The Morgan fingerprint density at radius 2 is 1.95 bits per heavy atom. The van der Waals surface area contributed by atoms with Crippen LogP contribution in [0.4, 0.5) is 0 Å². The van der Waals surface area contributed by atoms with Gasteiger partial charge >= 0.3 is 0 Å². The first-order valence-corrected chi connectivity index (χ1v) is 8.05. The lowest BCUT2D eigenvalue weighted by Gasteiger charge is -2.21. The first-order valence-electron chi connectivity index (χ1n) is 8.05. The normalized spacial score (nSPS) is 25.7. The van der Waals surface area contributed by atoms with Crippen LogP contribution < -0.4 is 5.32 Å². The van der Waals surface area contributed by atoms with E-state index >= 15 is 0 Å². The van der Waals surface area contributed by atoms with E-state index in [1.54, 1.807) is 0 Å². The smallest absolute Gasteiger partial charge is 0.222 e. The van der Waals surface area contributed by atoms with Gasteiger partial charge in [-0.25, -0.2) is 0 Å². The molecule has 2 aliphatic heterocycles. The van der Waals surface area contributed by atoms with Crippen molar-refractivity contribution in [3.05, 3.63) is 17.0 Å². The second kappa shape index (κ2) is 6.18. The van der Waals surface area contributed by atoms with Crippen LogP contribution in [0.25, 0.3) is 0 Å². The Hall–Kier alpha value is -1.36. The van der Waals surface area contributed by atoms with E-state index in [1.165, 1.54) is 0 Å². The zero-order valence-electron chi connectivity index (χ0n) is 13.0. The molecule has 1 amide bonds. The number of carbonyl (C=O) groups excluding carboxylic acids is 1. The van der Waals surface area contributed by atoms with Gasteiger partial charge in [0.1, 0.15) is 5.76 Å². The summed E-state index contributed by atoms with van der Waals surface area (Å²) in [5.74, 6) is 2.66. The van der Waals surface area contributed by atoms with Gasteiger partial charge in [0.25, 0.3) is 0 Å². The maximum absolute atomic E-state index is 12.4. The fraction of sp³-hybridized carbons (Fsp3) is 0.750. The molecule has 116 valence electrons. The van der Waals surface area contributed by atoms with Crippen LogP contribution in [-0.4, -0.2) is 42.1 Å². The highest BCUT2D eigenvalue weighted by Gasteiger charge is 2.31. The molecule has 2 saturated heterocycles. The molecule has 0 saturated carbocycles. The van der Waals surface area contributed by atoms with Crippen LogP contribution in [0.15, 0.2) is 4.52 Å². The van der Waals surface area contributed by atoms with Gasteiger partial charge < -0.3 is 14.7 Å². The molecule has 0 radical (unpaired) electrons. The molecule has 2 fully saturated rings. The van der Waals surface area contributed by atoms with Crippen LogP contribution in [0.3, 0.4) is 0 Å². The molecule has 0 unspecified atom stereocenters. The lowest BCUT2D eigenvalue weighted by molar-refractivity contribution is -0.131. The van der Waals surface area contributed by atoms with Crippen molar-refractivity contribution in [2.45, 2.75) is 39.5 Å². The fourth-order valence-electron chi connectivity index (χ4n) is 3.72. The molecule has 3 rings (SSSR count). The Balaban J connectivity index is 1.53. The number of hydrogen-bond donors (Lipinski definition) is 1. The summed E-state index contributed by atoms with van der Waals surface area (Å²) in [6.07, 6.45) is 3.60. The van der Waals surface area contributed by atoms with E-state index in [0.717, 1.165) is 74.3 Å². The molecule has 1 N–H and O–H groups in total. The highest BCUT2D eigenvalue weighted by atomic mass is 16.5. The van der Waals surface area contributed by atoms with Gasteiger partial charge in [-0.3, -0.25) is 4.79 Å². The zero-order chi connectivity index (χ0) is 14.8. The molecule has 1 aromatic rings. The van der Waals surface area contributed by atoms with Gasteiger partial charge in [0.2, 0.25) is 5.91 Å². The number of hydrogen-bond acceptors (Lipinski definition) is 4. The summed E-state index contributed by atoms with van der Waals surface area (Å²) in [4.78, 5) is 14.5. The van der Waals surface area contributed by atoms with E-state index in [2.05, 4.69) is 15.4 Å². The van der Waals surface area contributed by atoms with Gasteiger partial charge in [0.05, 0.1) is 5.69 Å². The maximum Gasteiger partial charge on any atom is 0.222 e. The third-order valence-corrected chi connectivity index (χ3v) is 5.14. The molecule has 3 heterocycles. The summed E-state index contributed by atoms with van der Waals surface area (Å²) in [7, 11) is 0. The summed E-state index contributed by atoms with van der Waals surface area (Å²) in [6, 6.07) is 0. The molecular formula is C16H25N3O2. The van der Waals surface area contributed by atoms with Crippen molar-refractivity contribution < 1.29 is 9.32 Å². The number of amides is 1. The van der Waals surface area contributed by atoms with E-state index < -0.39 is 0 Å². The Labute approximate surface area is 126 Å². The van der Waals surface area contributed by atoms with Crippen LogP contribution in [0.2, 0.25) is 0 Å². The van der Waals surface area contributed by atoms with E-state index in [1.807, 2.05) is 13.8 Å². The Morgan fingerprint density at radius 1 is 1.29 bits per heavy atom. The summed E-state index contributed by atoms with van der Waals surface area (Å²) >= 11 is 0. The van der Waals surface area contributed by atoms with Gasteiger partial charge in [0, 0.05) is 25.1 Å². The number of aromatic nitrogens is 1. The van der Waals surface area contributed by atoms with E-state index in [-0.39, 0.29) is 5.91 Å². The van der Waals surface area contributed by atoms with Gasteiger partial charge in [-0.05, 0) is 58.0 Å². The van der Waals surface area contributed by atoms with Crippen molar-refractivity contribution in [1.82, 2.24) is 15.4 Å². The molecule has 1 aromatic heterocycles. The lowest BCUT2D eigenvalue weighted by Crippen LogP contribution is -2.32. The molecule has 5 heteroatoms. The molecule has 0 spiro atoms. The van der Waals surface area contributed by atoms with Crippen LogP contribution in [0.5, 0.6) is 0 Å². The van der Waals surface area contributed by atoms with E-state index in [0.29, 0.717) is 6.42 Å². The molecule has 2 aliphatic rings. The van der Waals surface area contributed by atoms with Gasteiger partial charge in [-0.1, -0.05) is 5.16 Å². The van der Waals surface area contributed by atoms with Crippen LogP contribution >= 0.6 is 0 Å². The molecule has 5 nitrogen and oxygen atoms in total. The number of rotatable bonds is 3. The SMILES string of the molecule is Cc1noc(C)c1CCC(=O)N1CC[C@@H]2CNC[C@@H]2CC1. The maximum atomic E-state index is 12.4. The van der Waals surface area contributed by atoms with Crippen molar-refractivity contribution in [3.8, 4) is 0 Å². The molecule has 21 heavy (non-hydrogen) atoms. The van der Waals surface area contributed by atoms with Crippen molar-refractivity contribution in [2.75, 3.05) is 26.2 Å². The molecule has 0 aliphatic carbocycles. The van der Waals surface area contributed by atoms with Gasteiger partial charge in [0.15, 0.2) is 0 Å². The number of fused-ring (bicyclic) bond motifs is 1. The number of nitrogens with zero attached hydrogens (tertiary/aromatic N) is 2. The van der Waals surface area contributed by atoms with Crippen molar-refractivity contribution in [2.24, 2.45) is 11.8 Å². The Bertz CT molecular complexity index is 478. The summed E-state index contributed by atoms with van der Waals surface area (Å²) < 4.78 is 5.16. The summed E-state index contributed by atoms with van der Waals surface area (Å²) in [6.45, 7) is 7.96. The third kappa shape index (κ3) is 3.12. The van der Waals surface area contributed by atoms with Crippen LogP contribution in [0, 0.1) is 25.7 Å². The average molecular weight is 291 g/mol. The second-order valence-corrected chi connectivity index (χ2v) is 6.44. The van der Waals surface area contributed by atoms with Crippen molar-refractivity contribution >= 4 is 5.91 Å². The minimum Gasteiger partial charge on any atom is -0.361 e. The van der Waals surface area contributed by atoms with Crippen molar-refractivity contribution in [3.63, 3.8) is 0 Å². The third-order valence-electron chi connectivity index (χ3n) is 5.14. The predicted octanol–water partition coefficient (Wildman–Crippen LogP) is 1.68. The minimum absolute atomic E-state index is 0.280. The number of nitrogens with one attached hydrogen (secondary N) is 1. The Kier molecular flexibility index (Phi) is 4.29. The highest BCUT2D eigenvalue weighted by molar-refractivity contribution is 5.76. The first kappa shape index (κ1) is 14.6. The molecule has 2 atom stereocenters.